The van der Waals surface area contributed by atoms with Gasteiger partial charge in [-0.1, -0.05) is 74.4 Å². The molecule has 8 nitrogen and oxygen atoms in total. The number of urea groups is 1. The molecule has 9 heteroatoms. The Labute approximate surface area is 261 Å². The second kappa shape index (κ2) is 13.3. The molecule has 1 unspecified atom stereocenters. The fourth-order valence-corrected chi connectivity index (χ4v) is 5.52. The first kappa shape index (κ1) is 30.7. The van der Waals surface area contributed by atoms with E-state index >= 15 is 0 Å². The van der Waals surface area contributed by atoms with Crippen LogP contribution in [0.4, 0.5) is 27.7 Å². The number of nitrogens with zero attached hydrogens (tertiary/aromatic N) is 1. The third kappa shape index (κ3) is 7.42. The Kier molecular flexibility index (Phi) is 9.27. The van der Waals surface area contributed by atoms with E-state index in [4.69, 9.17) is 9.47 Å². The average Bonchev–Trinajstić information content (AvgIpc) is 2.98. The van der Waals surface area contributed by atoms with Crippen molar-refractivity contribution in [3.63, 3.8) is 0 Å². The Balaban J connectivity index is 1.39. The van der Waals surface area contributed by atoms with Crippen molar-refractivity contribution in [2.75, 3.05) is 29.3 Å². The Bertz CT molecular complexity index is 1770. The maximum absolute atomic E-state index is 13.4. The molecule has 5 rings (SSSR count). The summed E-state index contributed by atoms with van der Waals surface area (Å²) in [4.78, 5) is 17.8. The van der Waals surface area contributed by atoms with Gasteiger partial charge in [-0.2, -0.15) is 0 Å². The molecular weight excluding hydrogens is 572 g/mol. The van der Waals surface area contributed by atoms with Crippen molar-refractivity contribution in [3.8, 4) is 17.2 Å². The molecule has 0 fully saturated rings. The lowest BCUT2D eigenvalue weighted by Crippen LogP contribution is -2.21. The van der Waals surface area contributed by atoms with Gasteiger partial charge in [0.15, 0.2) is 0 Å². The summed E-state index contributed by atoms with van der Waals surface area (Å²) >= 11 is -1.09. The van der Waals surface area contributed by atoms with Crippen LogP contribution in [0.1, 0.15) is 31.9 Å². The van der Waals surface area contributed by atoms with E-state index in [9.17, 15) is 9.35 Å². The molecule has 3 N–H and O–H groups in total. The van der Waals surface area contributed by atoms with Gasteiger partial charge in [-0.05, 0) is 53.4 Å². The van der Waals surface area contributed by atoms with Gasteiger partial charge in [0, 0.05) is 34.3 Å². The van der Waals surface area contributed by atoms with Crippen LogP contribution in [-0.4, -0.2) is 28.9 Å². The lowest BCUT2D eigenvalue weighted by atomic mass is 9.85. The van der Waals surface area contributed by atoms with E-state index < -0.39 is 17.2 Å². The molecule has 0 aliphatic carbocycles. The van der Waals surface area contributed by atoms with E-state index in [1.165, 1.54) is 0 Å². The van der Waals surface area contributed by atoms with Gasteiger partial charge in [0.2, 0.25) is 0 Å². The minimum Gasteiger partial charge on any atom is -0.616 e. The number of ether oxygens (including phenoxy) is 2. The largest absolute Gasteiger partial charge is 0.616 e. The maximum atomic E-state index is 13.4. The normalized spacial score (nSPS) is 12.0. The number of carbonyl (C=O) groups is 1. The first-order chi connectivity index (χ1) is 21.1. The van der Waals surface area contributed by atoms with Crippen molar-refractivity contribution in [2.24, 2.45) is 0 Å². The van der Waals surface area contributed by atoms with Crippen LogP contribution in [0.3, 0.4) is 0 Å². The number of aromatic nitrogens is 1. The summed E-state index contributed by atoms with van der Waals surface area (Å²) in [6.07, 6.45) is 3.34. The zero-order valence-electron chi connectivity index (χ0n) is 25.4. The van der Waals surface area contributed by atoms with Crippen molar-refractivity contribution < 1.29 is 18.8 Å². The molecule has 2 amide bonds. The number of anilines is 4. The molecular formula is C35H36N4O4S. The fraction of sp³-hybridized carbons (Fsp3) is 0.200. The summed E-state index contributed by atoms with van der Waals surface area (Å²) in [6, 6.07) is 28.3. The van der Waals surface area contributed by atoms with Gasteiger partial charge in [-0.3, -0.25) is 0 Å². The van der Waals surface area contributed by atoms with E-state index in [0.717, 1.165) is 27.6 Å². The monoisotopic (exact) mass is 608 g/mol. The van der Waals surface area contributed by atoms with Gasteiger partial charge >= 0.3 is 6.03 Å². The van der Waals surface area contributed by atoms with Crippen molar-refractivity contribution in [3.05, 3.63) is 108 Å². The van der Waals surface area contributed by atoms with Gasteiger partial charge in [0.05, 0.1) is 24.7 Å². The number of hydrogen-bond acceptors (Lipinski definition) is 6. The van der Waals surface area contributed by atoms with E-state index in [1.807, 2.05) is 84.9 Å². The number of amides is 2. The van der Waals surface area contributed by atoms with Crippen LogP contribution in [0.5, 0.6) is 17.2 Å². The van der Waals surface area contributed by atoms with Crippen LogP contribution in [-0.2, 0) is 22.3 Å². The third-order valence-corrected chi connectivity index (χ3v) is 7.70. The van der Waals surface area contributed by atoms with Crippen molar-refractivity contribution in [1.29, 1.82) is 0 Å². The molecule has 0 radical (unpaired) electrons. The number of rotatable bonds is 9. The summed E-state index contributed by atoms with van der Waals surface area (Å²) < 4.78 is 24.1. The van der Waals surface area contributed by atoms with Crippen molar-refractivity contribution in [1.82, 2.24) is 4.98 Å². The Morgan fingerprint density at radius 3 is 2.30 bits per heavy atom. The number of benzene rings is 4. The molecule has 1 atom stereocenters. The molecule has 0 saturated heterocycles. The van der Waals surface area contributed by atoms with Gasteiger partial charge in [0.25, 0.3) is 0 Å². The lowest BCUT2D eigenvalue weighted by molar-refractivity contribution is 0.262. The number of hydrogen-bond donors (Lipinski definition) is 3. The predicted molar refractivity (Wildman–Crippen MR) is 180 cm³/mol. The standard InChI is InChI=1S/C35H36N4O4S/c1-35(2,3)24-19-23(22-44(5)41)33(42-4)30(20-24)39-34(40)38-29-15-16-31(28-14-10-9-13-27(28)29)43-26-17-18-36-32(21-26)37-25-11-7-6-8-12-25/h6-21H,22H2,1-5H3,(H,36,37)(H2,38,39,40). The van der Waals surface area contributed by atoms with E-state index in [0.29, 0.717) is 40.2 Å². The molecule has 0 spiro atoms. The van der Waals surface area contributed by atoms with Crippen LogP contribution in [0.25, 0.3) is 10.8 Å². The van der Waals surface area contributed by atoms with E-state index in [-0.39, 0.29) is 5.41 Å². The molecule has 226 valence electrons. The maximum Gasteiger partial charge on any atom is 0.323 e. The van der Waals surface area contributed by atoms with E-state index in [2.05, 4.69) is 41.7 Å². The summed E-state index contributed by atoms with van der Waals surface area (Å²) in [5, 5.41) is 10.9. The molecule has 0 aliphatic heterocycles. The minimum atomic E-state index is -1.09. The van der Waals surface area contributed by atoms with Gasteiger partial charge in [-0.15, -0.1) is 0 Å². The van der Waals surface area contributed by atoms with E-state index in [1.54, 1.807) is 25.6 Å². The third-order valence-electron chi connectivity index (χ3n) is 6.98. The van der Waals surface area contributed by atoms with Crippen LogP contribution in [0, 0.1) is 0 Å². The van der Waals surface area contributed by atoms with Gasteiger partial charge in [0.1, 0.15) is 28.8 Å². The average molecular weight is 609 g/mol. The Morgan fingerprint density at radius 2 is 1.59 bits per heavy atom. The van der Waals surface area contributed by atoms with Gasteiger partial charge in [-0.25, -0.2) is 9.78 Å². The number of methoxy groups -OCH3 is 1. The first-order valence-electron chi connectivity index (χ1n) is 14.2. The summed E-state index contributed by atoms with van der Waals surface area (Å²) in [5.74, 6) is 2.73. The summed E-state index contributed by atoms with van der Waals surface area (Å²) in [5.41, 5.74) is 3.64. The fourth-order valence-electron chi connectivity index (χ4n) is 4.87. The number of pyridine rings is 1. The molecule has 0 bridgehead atoms. The molecule has 4 aromatic carbocycles. The van der Waals surface area contributed by atoms with Crippen LogP contribution in [0.15, 0.2) is 97.2 Å². The Hall–Kier alpha value is -4.73. The predicted octanol–water partition coefficient (Wildman–Crippen LogP) is 8.60. The highest BCUT2D eigenvalue weighted by Crippen LogP contribution is 2.38. The molecule has 1 heterocycles. The number of nitrogens with one attached hydrogen (secondary N) is 3. The Morgan fingerprint density at radius 1 is 0.886 bits per heavy atom. The highest BCUT2D eigenvalue weighted by molar-refractivity contribution is 7.89. The zero-order chi connectivity index (χ0) is 31.3. The molecule has 1 aromatic heterocycles. The van der Waals surface area contributed by atoms with Crippen LogP contribution < -0.4 is 25.4 Å². The lowest BCUT2D eigenvalue weighted by Gasteiger charge is -2.24. The number of para-hydroxylation sites is 1. The van der Waals surface area contributed by atoms with Crippen LogP contribution >= 0.6 is 0 Å². The SMILES string of the molecule is COc1c(C[S+](C)[O-])cc(C(C)(C)C)cc1NC(=O)Nc1ccc(Oc2ccnc(Nc3ccccc3)c2)c2ccccc12. The quantitative estimate of drug-likeness (QED) is 0.145. The second-order valence-corrected chi connectivity index (χ2v) is 12.8. The molecule has 44 heavy (non-hydrogen) atoms. The van der Waals surface area contributed by atoms with Crippen LogP contribution in [0.2, 0.25) is 0 Å². The molecule has 5 aromatic rings. The number of carbonyl (C=O) groups excluding carboxylic acids is 1. The van der Waals surface area contributed by atoms with Gasteiger partial charge < -0.3 is 30.0 Å². The van der Waals surface area contributed by atoms with Crippen molar-refractivity contribution >= 4 is 50.9 Å². The second-order valence-electron chi connectivity index (χ2n) is 11.4. The summed E-state index contributed by atoms with van der Waals surface area (Å²) in [7, 11) is 1.55. The highest BCUT2D eigenvalue weighted by atomic mass is 32.2. The molecule has 0 aliphatic rings. The first-order valence-corrected chi connectivity index (χ1v) is 15.9. The number of fused-ring (bicyclic) bond motifs is 1. The zero-order valence-corrected chi connectivity index (χ0v) is 26.2. The summed E-state index contributed by atoms with van der Waals surface area (Å²) in [6.45, 7) is 6.27. The van der Waals surface area contributed by atoms with Crippen molar-refractivity contribution in [2.45, 2.75) is 31.9 Å². The molecule has 0 saturated carbocycles. The topological polar surface area (TPSA) is 108 Å². The highest BCUT2D eigenvalue weighted by Gasteiger charge is 2.22. The smallest absolute Gasteiger partial charge is 0.323 e. The minimum absolute atomic E-state index is 0.192.